The summed E-state index contributed by atoms with van der Waals surface area (Å²) in [5.74, 6) is 0.904. The van der Waals surface area contributed by atoms with Gasteiger partial charge in [0.1, 0.15) is 5.01 Å². The van der Waals surface area contributed by atoms with Crippen molar-refractivity contribution in [3.05, 3.63) is 33.7 Å². The molecule has 0 fully saturated rings. The van der Waals surface area contributed by atoms with Crippen molar-refractivity contribution in [3.63, 3.8) is 0 Å². The maximum absolute atomic E-state index is 4.69. The lowest BCUT2D eigenvalue weighted by Gasteiger charge is -2.15. The van der Waals surface area contributed by atoms with Crippen LogP contribution in [0, 0.1) is 3.57 Å². The largest absolute Gasteiger partial charge is 0.296 e. The van der Waals surface area contributed by atoms with E-state index in [9.17, 15) is 0 Å². The van der Waals surface area contributed by atoms with Crippen LogP contribution in [0.4, 0.5) is 0 Å². The molecule has 0 radical (unpaired) electrons. The highest BCUT2D eigenvalue weighted by atomic mass is 127. The van der Waals surface area contributed by atoms with Gasteiger partial charge in [-0.3, -0.25) is 4.90 Å². The second-order valence-electron chi connectivity index (χ2n) is 4.69. The molecule has 2 heterocycles. The molecule has 21 heavy (non-hydrogen) atoms. The van der Waals surface area contributed by atoms with Gasteiger partial charge in [0.2, 0.25) is 4.96 Å². The van der Waals surface area contributed by atoms with Gasteiger partial charge in [-0.1, -0.05) is 37.3 Å². The van der Waals surface area contributed by atoms with Crippen LogP contribution in [0.5, 0.6) is 0 Å². The van der Waals surface area contributed by atoms with Crippen molar-refractivity contribution < 1.29 is 0 Å². The first-order valence-corrected chi connectivity index (χ1v) is 8.80. The first-order chi connectivity index (χ1) is 10.2. The van der Waals surface area contributed by atoms with Gasteiger partial charge in [-0.05, 0) is 47.8 Å². The van der Waals surface area contributed by atoms with E-state index in [1.165, 1.54) is 3.57 Å². The van der Waals surface area contributed by atoms with E-state index >= 15 is 0 Å². The van der Waals surface area contributed by atoms with Gasteiger partial charge in [-0.25, -0.2) is 0 Å². The van der Waals surface area contributed by atoms with Crippen LogP contribution in [0.15, 0.2) is 24.3 Å². The molecule has 0 unspecified atom stereocenters. The Kier molecular flexibility index (Phi) is 4.51. The van der Waals surface area contributed by atoms with E-state index in [1.807, 2.05) is 4.52 Å². The van der Waals surface area contributed by atoms with Gasteiger partial charge in [-0.2, -0.15) is 9.61 Å². The number of halogens is 1. The predicted octanol–water partition coefficient (Wildman–Crippen LogP) is 3.30. The molecule has 5 nitrogen and oxygen atoms in total. The Hall–Kier alpha value is -1.06. The van der Waals surface area contributed by atoms with Gasteiger partial charge in [0.05, 0.1) is 6.54 Å². The lowest BCUT2D eigenvalue weighted by Crippen LogP contribution is -2.23. The van der Waals surface area contributed by atoms with Crippen molar-refractivity contribution in [1.82, 2.24) is 24.7 Å². The van der Waals surface area contributed by atoms with E-state index < -0.39 is 0 Å². The first kappa shape index (κ1) is 14.9. The molecule has 0 saturated heterocycles. The van der Waals surface area contributed by atoms with Gasteiger partial charge < -0.3 is 0 Å². The lowest BCUT2D eigenvalue weighted by molar-refractivity contribution is 0.286. The Balaban J connectivity index is 1.96. The summed E-state index contributed by atoms with van der Waals surface area (Å²) in [5, 5.41) is 14.2. The molecule has 7 heteroatoms. The second-order valence-corrected chi connectivity index (χ2v) is 6.89. The molecule has 0 spiro atoms. The molecule has 110 valence electrons. The van der Waals surface area contributed by atoms with E-state index in [0.29, 0.717) is 0 Å². The summed E-state index contributed by atoms with van der Waals surface area (Å²) in [6.07, 6.45) is 0. The molecular weight excluding hydrogens is 397 g/mol. The van der Waals surface area contributed by atoms with Crippen LogP contribution < -0.4 is 0 Å². The van der Waals surface area contributed by atoms with Crippen molar-refractivity contribution in [2.24, 2.45) is 0 Å². The number of hydrogen-bond donors (Lipinski definition) is 0. The number of hydrogen-bond acceptors (Lipinski definition) is 5. The third-order valence-electron chi connectivity index (χ3n) is 3.39. The maximum atomic E-state index is 4.69. The summed E-state index contributed by atoms with van der Waals surface area (Å²) in [7, 11) is 0. The number of benzene rings is 1. The minimum Gasteiger partial charge on any atom is -0.296 e. The van der Waals surface area contributed by atoms with E-state index in [2.05, 4.69) is 80.9 Å². The maximum Gasteiger partial charge on any atom is 0.235 e. The van der Waals surface area contributed by atoms with Crippen LogP contribution in [-0.2, 0) is 6.54 Å². The Morgan fingerprint density at radius 2 is 2.05 bits per heavy atom. The van der Waals surface area contributed by atoms with Crippen LogP contribution in [0.3, 0.4) is 0 Å². The van der Waals surface area contributed by atoms with Crippen LogP contribution in [-0.4, -0.2) is 37.8 Å². The van der Waals surface area contributed by atoms with E-state index in [1.54, 1.807) is 11.3 Å². The first-order valence-electron chi connectivity index (χ1n) is 6.90. The Labute approximate surface area is 141 Å². The zero-order valence-electron chi connectivity index (χ0n) is 12.0. The van der Waals surface area contributed by atoms with Gasteiger partial charge in [0, 0.05) is 9.13 Å². The van der Waals surface area contributed by atoms with Crippen LogP contribution in [0.1, 0.15) is 19.7 Å². The average molecular weight is 413 g/mol. The summed E-state index contributed by atoms with van der Waals surface area (Å²) >= 11 is 3.90. The summed E-state index contributed by atoms with van der Waals surface area (Å²) in [6.45, 7) is 7.09. The van der Waals surface area contributed by atoms with E-state index in [0.717, 1.165) is 41.0 Å². The molecular formula is C14H16IN5S. The highest BCUT2D eigenvalue weighted by Crippen LogP contribution is 2.26. The number of aromatic nitrogens is 4. The topological polar surface area (TPSA) is 46.3 Å². The normalized spacial score (nSPS) is 11.6. The lowest BCUT2D eigenvalue weighted by atomic mass is 10.2. The molecule has 0 aliphatic heterocycles. The van der Waals surface area contributed by atoms with Crippen molar-refractivity contribution in [2.75, 3.05) is 13.1 Å². The third kappa shape index (κ3) is 3.09. The SMILES string of the molecule is CCN(CC)Cc1nnc2sc(-c3cccc(I)c3)nn12. The molecule has 0 N–H and O–H groups in total. The molecule has 0 atom stereocenters. The average Bonchev–Trinajstić information content (AvgIpc) is 3.06. The Morgan fingerprint density at radius 1 is 1.24 bits per heavy atom. The minimum absolute atomic E-state index is 0.781. The molecule has 0 aliphatic carbocycles. The van der Waals surface area contributed by atoms with Crippen molar-refractivity contribution in [2.45, 2.75) is 20.4 Å². The van der Waals surface area contributed by atoms with E-state index in [4.69, 9.17) is 0 Å². The molecule has 0 saturated carbocycles. The van der Waals surface area contributed by atoms with Crippen LogP contribution in [0.2, 0.25) is 0 Å². The summed E-state index contributed by atoms with van der Waals surface area (Å²) in [6, 6.07) is 8.35. The third-order valence-corrected chi connectivity index (χ3v) is 5.01. The fourth-order valence-corrected chi connectivity index (χ4v) is 3.54. The molecule has 3 rings (SSSR count). The van der Waals surface area contributed by atoms with Crippen molar-refractivity contribution in [1.29, 1.82) is 0 Å². The highest BCUT2D eigenvalue weighted by molar-refractivity contribution is 14.1. The second kappa shape index (κ2) is 6.37. The molecule has 0 aliphatic rings. The number of nitrogens with zero attached hydrogens (tertiary/aromatic N) is 5. The number of fused-ring (bicyclic) bond motifs is 1. The Bertz CT molecular complexity index is 747. The zero-order chi connectivity index (χ0) is 14.8. The summed E-state index contributed by atoms with van der Waals surface area (Å²) in [4.78, 5) is 3.16. The van der Waals surface area contributed by atoms with Gasteiger partial charge >= 0.3 is 0 Å². The molecule has 3 aromatic rings. The Morgan fingerprint density at radius 3 is 2.76 bits per heavy atom. The van der Waals surface area contributed by atoms with Gasteiger partial charge in [0.15, 0.2) is 5.82 Å². The molecule has 0 bridgehead atoms. The monoisotopic (exact) mass is 413 g/mol. The van der Waals surface area contributed by atoms with E-state index in [-0.39, 0.29) is 0 Å². The molecule has 1 aromatic carbocycles. The van der Waals surface area contributed by atoms with Crippen molar-refractivity contribution in [3.8, 4) is 10.6 Å². The van der Waals surface area contributed by atoms with Crippen LogP contribution in [0.25, 0.3) is 15.5 Å². The molecule has 2 aromatic heterocycles. The highest BCUT2D eigenvalue weighted by Gasteiger charge is 2.14. The fourth-order valence-electron chi connectivity index (χ4n) is 2.14. The zero-order valence-corrected chi connectivity index (χ0v) is 14.9. The minimum atomic E-state index is 0.781. The quantitative estimate of drug-likeness (QED) is 0.603. The van der Waals surface area contributed by atoms with Gasteiger partial charge in [-0.15, -0.1) is 10.2 Å². The predicted molar refractivity (Wildman–Crippen MR) is 93.4 cm³/mol. The van der Waals surface area contributed by atoms with Crippen LogP contribution >= 0.6 is 33.9 Å². The molecule has 0 amide bonds. The van der Waals surface area contributed by atoms with Gasteiger partial charge in [0.25, 0.3) is 0 Å². The number of rotatable bonds is 5. The summed E-state index contributed by atoms with van der Waals surface area (Å²) < 4.78 is 3.08. The van der Waals surface area contributed by atoms with Crippen molar-refractivity contribution >= 4 is 38.9 Å². The standard InChI is InChI=1S/C14H16IN5S/c1-3-19(4-2)9-12-16-17-14-20(12)18-13(21-14)10-6-5-7-11(15)8-10/h5-8H,3-4,9H2,1-2H3. The summed E-state index contributed by atoms with van der Waals surface area (Å²) in [5.41, 5.74) is 1.13. The smallest absolute Gasteiger partial charge is 0.235 e. The fraction of sp³-hybridized carbons (Fsp3) is 0.357.